The number of methoxy groups -OCH3 is 2. The molecular weight excluding hydrogens is 312 g/mol. The van der Waals surface area contributed by atoms with Crippen molar-refractivity contribution in [3.63, 3.8) is 0 Å². The van der Waals surface area contributed by atoms with Gasteiger partial charge in [-0.05, 0) is 12.1 Å². The number of nitrogens with one attached hydrogen (secondary N) is 1. The summed E-state index contributed by atoms with van der Waals surface area (Å²) < 4.78 is 10.1. The molecular formula is C12H12N4O5S. The van der Waals surface area contributed by atoms with Crippen molar-refractivity contribution in [1.29, 1.82) is 0 Å². The molecule has 0 unspecified atom stereocenters. The Balaban J connectivity index is 2.39. The van der Waals surface area contributed by atoms with Crippen molar-refractivity contribution in [3.8, 4) is 11.5 Å². The second kappa shape index (κ2) is 6.89. The first-order chi connectivity index (χ1) is 10.6. The Morgan fingerprint density at radius 1 is 1.36 bits per heavy atom. The lowest BCUT2D eigenvalue weighted by molar-refractivity contribution is -0.385. The zero-order valence-corrected chi connectivity index (χ0v) is 12.5. The largest absolute Gasteiger partial charge is 0.496 e. The van der Waals surface area contributed by atoms with Crippen molar-refractivity contribution >= 4 is 34.7 Å². The van der Waals surface area contributed by atoms with Crippen LogP contribution in [0.3, 0.4) is 0 Å². The van der Waals surface area contributed by atoms with E-state index in [0.29, 0.717) is 5.17 Å². The number of carbonyl (C=O) groups excluding carboxylic acids is 1. The standard InChI is InChI=1S/C12H12N4O5S/c1-20-8-3-4-9(21-2)11(16(18)19)7(8)5-13-15-12-14-10(17)6-22-12/h3-5H,6H2,1-2H3,(H,14,15,17). The summed E-state index contributed by atoms with van der Waals surface area (Å²) >= 11 is 1.20. The number of amides is 1. The maximum Gasteiger partial charge on any atom is 0.323 e. The van der Waals surface area contributed by atoms with Crippen molar-refractivity contribution in [1.82, 2.24) is 5.32 Å². The van der Waals surface area contributed by atoms with Crippen LogP contribution in [0.5, 0.6) is 11.5 Å². The van der Waals surface area contributed by atoms with Gasteiger partial charge in [0, 0.05) is 0 Å². The molecule has 116 valence electrons. The summed E-state index contributed by atoms with van der Waals surface area (Å²) in [4.78, 5) is 21.7. The Kier molecular flexibility index (Phi) is 4.94. The minimum atomic E-state index is -0.581. The third-order valence-corrected chi connectivity index (χ3v) is 3.55. The molecule has 0 aromatic heterocycles. The number of thioether (sulfide) groups is 1. The van der Waals surface area contributed by atoms with Gasteiger partial charge in [0.25, 0.3) is 0 Å². The molecule has 1 N–H and O–H groups in total. The lowest BCUT2D eigenvalue weighted by Crippen LogP contribution is -2.19. The SMILES string of the molecule is COc1ccc(OC)c([N+](=O)[O-])c1C=NN=C1NC(=O)CS1. The third-order valence-electron chi connectivity index (χ3n) is 2.68. The molecule has 22 heavy (non-hydrogen) atoms. The molecule has 1 aromatic rings. The Morgan fingerprint density at radius 3 is 2.59 bits per heavy atom. The summed E-state index contributed by atoms with van der Waals surface area (Å²) in [5.74, 6) is 0.462. The molecule has 1 aromatic carbocycles. The minimum absolute atomic E-state index is 0.0865. The summed E-state index contributed by atoms with van der Waals surface area (Å²) in [6.45, 7) is 0. The van der Waals surface area contributed by atoms with Crippen LogP contribution in [0.2, 0.25) is 0 Å². The number of nitro benzene ring substituents is 1. The Morgan fingerprint density at radius 2 is 2.05 bits per heavy atom. The van der Waals surface area contributed by atoms with Gasteiger partial charge in [-0.1, -0.05) is 11.8 Å². The van der Waals surface area contributed by atoms with E-state index >= 15 is 0 Å². The van der Waals surface area contributed by atoms with E-state index in [1.165, 1.54) is 44.3 Å². The van der Waals surface area contributed by atoms with Gasteiger partial charge in [-0.2, -0.15) is 5.10 Å². The zero-order chi connectivity index (χ0) is 16.1. The molecule has 1 saturated heterocycles. The van der Waals surface area contributed by atoms with Gasteiger partial charge in [0.2, 0.25) is 5.91 Å². The van der Waals surface area contributed by atoms with E-state index in [9.17, 15) is 14.9 Å². The van der Waals surface area contributed by atoms with E-state index in [-0.39, 0.29) is 34.4 Å². The van der Waals surface area contributed by atoms with Gasteiger partial charge in [0.1, 0.15) is 11.3 Å². The predicted octanol–water partition coefficient (Wildman–Crippen LogP) is 1.16. The van der Waals surface area contributed by atoms with Crippen LogP contribution in [0.1, 0.15) is 5.56 Å². The Hall–Kier alpha value is -2.62. The van der Waals surface area contributed by atoms with Crippen LogP contribution in [-0.4, -0.2) is 42.2 Å². The highest BCUT2D eigenvalue weighted by atomic mass is 32.2. The van der Waals surface area contributed by atoms with Crippen molar-refractivity contribution in [2.45, 2.75) is 0 Å². The summed E-state index contributed by atoms with van der Waals surface area (Å²) in [6.07, 6.45) is 1.19. The van der Waals surface area contributed by atoms with E-state index < -0.39 is 4.92 Å². The molecule has 0 atom stereocenters. The fourth-order valence-corrected chi connectivity index (χ4v) is 2.37. The second-order valence-electron chi connectivity index (χ2n) is 3.98. The molecule has 1 heterocycles. The number of hydrogen-bond donors (Lipinski definition) is 1. The van der Waals surface area contributed by atoms with Crippen LogP contribution in [0.4, 0.5) is 5.69 Å². The topological polar surface area (TPSA) is 115 Å². The molecule has 1 fully saturated rings. The lowest BCUT2D eigenvalue weighted by atomic mass is 10.1. The molecule has 2 rings (SSSR count). The van der Waals surface area contributed by atoms with E-state index in [4.69, 9.17) is 9.47 Å². The van der Waals surface area contributed by atoms with Crippen LogP contribution in [-0.2, 0) is 4.79 Å². The zero-order valence-electron chi connectivity index (χ0n) is 11.7. The smallest absolute Gasteiger partial charge is 0.323 e. The molecule has 0 saturated carbocycles. The van der Waals surface area contributed by atoms with E-state index in [1.807, 2.05) is 0 Å². The van der Waals surface area contributed by atoms with Gasteiger partial charge in [0.05, 0.1) is 31.1 Å². The van der Waals surface area contributed by atoms with Crippen molar-refractivity contribution in [3.05, 3.63) is 27.8 Å². The molecule has 0 aliphatic carbocycles. The maximum absolute atomic E-state index is 11.2. The fourth-order valence-electron chi connectivity index (χ4n) is 1.74. The average molecular weight is 324 g/mol. The van der Waals surface area contributed by atoms with Crippen LogP contribution in [0.15, 0.2) is 22.3 Å². The minimum Gasteiger partial charge on any atom is -0.496 e. The molecule has 0 spiro atoms. The van der Waals surface area contributed by atoms with Crippen LogP contribution < -0.4 is 14.8 Å². The van der Waals surface area contributed by atoms with Crippen molar-refractivity contribution in [2.75, 3.05) is 20.0 Å². The van der Waals surface area contributed by atoms with Crippen molar-refractivity contribution in [2.24, 2.45) is 10.2 Å². The second-order valence-corrected chi connectivity index (χ2v) is 4.94. The summed E-state index contributed by atoms with van der Waals surface area (Å²) in [5, 5.41) is 21.7. The molecule has 1 aliphatic rings. The molecule has 1 amide bonds. The van der Waals surface area contributed by atoms with Gasteiger partial charge >= 0.3 is 5.69 Å². The summed E-state index contributed by atoms with van der Waals surface area (Å²) in [7, 11) is 2.72. The first-order valence-corrected chi connectivity index (χ1v) is 6.98. The van der Waals surface area contributed by atoms with Gasteiger partial charge in [-0.25, -0.2) is 0 Å². The number of ether oxygens (including phenoxy) is 2. The maximum atomic E-state index is 11.2. The summed E-state index contributed by atoms with van der Waals surface area (Å²) in [5.41, 5.74) is -0.139. The molecule has 10 heteroatoms. The Bertz CT molecular complexity index is 674. The average Bonchev–Trinajstić information content (AvgIpc) is 2.91. The van der Waals surface area contributed by atoms with E-state index in [1.54, 1.807) is 0 Å². The molecule has 9 nitrogen and oxygen atoms in total. The molecule has 0 radical (unpaired) electrons. The quantitative estimate of drug-likeness (QED) is 0.494. The van der Waals surface area contributed by atoms with Gasteiger partial charge < -0.3 is 14.8 Å². The number of nitrogens with zero attached hydrogens (tertiary/aromatic N) is 3. The highest BCUT2D eigenvalue weighted by Crippen LogP contribution is 2.35. The third kappa shape index (κ3) is 3.34. The normalized spacial score (nSPS) is 16.1. The number of benzene rings is 1. The number of carbonyl (C=O) groups is 1. The first kappa shape index (κ1) is 15.8. The lowest BCUT2D eigenvalue weighted by Gasteiger charge is -2.08. The number of rotatable bonds is 5. The number of hydrogen-bond acceptors (Lipinski definition) is 8. The number of nitro groups is 1. The fraction of sp³-hybridized carbons (Fsp3) is 0.250. The Labute approximate surface area is 129 Å². The highest BCUT2D eigenvalue weighted by Gasteiger charge is 2.24. The van der Waals surface area contributed by atoms with Crippen LogP contribution in [0, 0.1) is 10.1 Å². The molecule has 0 bridgehead atoms. The van der Waals surface area contributed by atoms with Crippen LogP contribution in [0.25, 0.3) is 0 Å². The van der Waals surface area contributed by atoms with Crippen LogP contribution >= 0.6 is 11.8 Å². The van der Waals surface area contributed by atoms with E-state index in [0.717, 1.165) is 0 Å². The monoisotopic (exact) mass is 324 g/mol. The van der Waals surface area contributed by atoms with Crippen molar-refractivity contribution < 1.29 is 19.2 Å². The van der Waals surface area contributed by atoms with Gasteiger partial charge in [-0.3, -0.25) is 14.9 Å². The van der Waals surface area contributed by atoms with E-state index in [2.05, 4.69) is 15.5 Å². The molecule has 1 aliphatic heterocycles. The first-order valence-electron chi connectivity index (χ1n) is 6.00. The number of amidine groups is 1. The predicted molar refractivity (Wildman–Crippen MR) is 81.8 cm³/mol. The van der Waals surface area contributed by atoms with Gasteiger partial charge in [0.15, 0.2) is 10.9 Å². The van der Waals surface area contributed by atoms with Gasteiger partial charge in [-0.15, -0.1) is 5.10 Å². The highest BCUT2D eigenvalue weighted by molar-refractivity contribution is 8.15. The summed E-state index contributed by atoms with van der Waals surface area (Å²) in [6, 6.07) is 2.97.